The highest BCUT2D eigenvalue weighted by atomic mass is 35.5. The fraction of sp³-hybridized carbons (Fsp3) is 0.0833. The van der Waals surface area contributed by atoms with Gasteiger partial charge in [0, 0.05) is 11.6 Å². The van der Waals surface area contributed by atoms with Crippen LogP contribution in [0, 0.1) is 22.9 Å². The molecule has 1 aromatic carbocycles. The first-order chi connectivity index (χ1) is 8.47. The molecule has 18 heavy (non-hydrogen) atoms. The van der Waals surface area contributed by atoms with Crippen LogP contribution in [0.4, 0.5) is 10.1 Å². The molecule has 0 saturated heterocycles. The van der Waals surface area contributed by atoms with Crippen LogP contribution in [0.25, 0.3) is 11.3 Å². The summed E-state index contributed by atoms with van der Waals surface area (Å²) in [5.74, 6) is -0.368. The van der Waals surface area contributed by atoms with E-state index < -0.39 is 4.92 Å². The van der Waals surface area contributed by atoms with Gasteiger partial charge in [-0.2, -0.15) is 0 Å². The van der Waals surface area contributed by atoms with Crippen LogP contribution in [0.3, 0.4) is 0 Å². The van der Waals surface area contributed by atoms with Gasteiger partial charge < -0.3 is 0 Å². The van der Waals surface area contributed by atoms with Crippen LogP contribution >= 0.6 is 11.6 Å². The smallest absolute Gasteiger partial charge is 0.258 e. The van der Waals surface area contributed by atoms with Crippen LogP contribution in [0.1, 0.15) is 5.56 Å². The molecular weight excluding hydrogens is 259 g/mol. The Morgan fingerprint density at radius 1 is 1.33 bits per heavy atom. The summed E-state index contributed by atoms with van der Waals surface area (Å²) in [4.78, 5) is 14.2. The summed E-state index contributed by atoms with van der Waals surface area (Å²) < 4.78 is 13.0. The molecule has 0 aliphatic carbocycles. The van der Waals surface area contributed by atoms with Gasteiger partial charge in [0.2, 0.25) is 0 Å². The molecule has 92 valence electrons. The zero-order valence-corrected chi connectivity index (χ0v) is 10.1. The van der Waals surface area contributed by atoms with Gasteiger partial charge in [-0.3, -0.25) is 10.1 Å². The van der Waals surface area contributed by atoms with Crippen molar-refractivity contribution in [3.8, 4) is 11.3 Å². The molecule has 0 N–H and O–H groups in total. The van der Waals surface area contributed by atoms with E-state index in [1.807, 2.05) is 0 Å². The number of benzene rings is 1. The summed E-state index contributed by atoms with van der Waals surface area (Å²) in [5.41, 5.74) is 1.46. The Morgan fingerprint density at radius 3 is 2.67 bits per heavy atom. The Morgan fingerprint density at radius 2 is 2.06 bits per heavy atom. The van der Waals surface area contributed by atoms with E-state index in [2.05, 4.69) is 4.98 Å². The quantitative estimate of drug-likeness (QED) is 0.472. The largest absolute Gasteiger partial charge is 0.274 e. The molecule has 0 radical (unpaired) electrons. The fourth-order valence-corrected chi connectivity index (χ4v) is 1.84. The summed E-state index contributed by atoms with van der Waals surface area (Å²) in [5, 5.41) is 10.8. The zero-order chi connectivity index (χ0) is 13.3. The maximum atomic E-state index is 13.0. The zero-order valence-electron chi connectivity index (χ0n) is 9.35. The van der Waals surface area contributed by atoms with Crippen molar-refractivity contribution in [2.45, 2.75) is 6.92 Å². The van der Waals surface area contributed by atoms with Gasteiger partial charge in [-0.25, -0.2) is 9.37 Å². The second-order valence-corrected chi connectivity index (χ2v) is 4.14. The monoisotopic (exact) mass is 266 g/mol. The molecule has 0 fully saturated rings. The van der Waals surface area contributed by atoms with Crippen LogP contribution in [0.15, 0.2) is 30.3 Å². The van der Waals surface area contributed by atoms with Gasteiger partial charge in [0.15, 0.2) is 0 Å². The van der Waals surface area contributed by atoms with Crippen molar-refractivity contribution >= 4 is 17.3 Å². The average molecular weight is 267 g/mol. The SMILES string of the molecule is Cc1cc(F)ccc1-c1cc([N+](=O)[O-])cc(Cl)n1. The first kappa shape index (κ1) is 12.4. The number of pyridine rings is 1. The minimum absolute atomic E-state index is 0.0305. The van der Waals surface area contributed by atoms with E-state index in [0.717, 1.165) is 0 Å². The summed E-state index contributed by atoms with van der Waals surface area (Å²) in [7, 11) is 0. The van der Waals surface area contributed by atoms with E-state index in [-0.39, 0.29) is 16.7 Å². The molecule has 2 aromatic rings. The van der Waals surface area contributed by atoms with Crippen LogP contribution in [0.5, 0.6) is 0 Å². The van der Waals surface area contributed by atoms with Crippen molar-refractivity contribution in [2.24, 2.45) is 0 Å². The Balaban J connectivity index is 2.60. The normalized spacial score (nSPS) is 10.4. The lowest BCUT2D eigenvalue weighted by atomic mass is 10.0. The lowest BCUT2D eigenvalue weighted by Crippen LogP contribution is -1.93. The van der Waals surface area contributed by atoms with Crippen molar-refractivity contribution in [3.05, 3.63) is 57.0 Å². The number of aromatic nitrogens is 1. The summed E-state index contributed by atoms with van der Waals surface area (Å²) in [6, 6.07) is 6.61. The molecule has 1 aromatic heterocycles. The molecule has 0 bridgehead atoms. The Hall–Kier alpha value is -2.01. The van der Waals surface area contributed by atoms with Gasteiger partial charge in [-0.15, -0.1) is 0 Å². The van der Waals surface area contributed by atoms with Crippen LogP contribution < -0.4 is 0 Å². The summed E-state index contributed by atoms with van der Waals surface area (Å²) >= 11 is 5.74. The van der Waals surface area contributed by atoms with Gasteiger partial charge in [-0.05, 0) is 30.7 Å². The molecule has 0 spiro atoms. The molecule has 0 aliphatic rings. The molecule has 0 saturated carbocycles. The number of halogens is 2. The highest BCUT2D eigenvalue weighted by Gasteiger charge is 2.13. The van der Waals surface area contributed by atoms with Gasteiger partial charge >= 0.3 is 0 Å². The van der Waals surface area contributed by atoms with E-state index >= 15 is 0 Å². The van der Waals surface area contributed by atoms with Gasteiger partial charge in [0.1, 0.15) is 11.0 Å². The molecule has 6 heteroatoms. The Bertz CT molecular complexity index is 631. The van der Waals surface area contributed by atoms with E-state index in [0.29, 0.717) is 16.8 Å². The molecule has 0 atom stereocenters. The standard InChI is InChI=1S/C12H8ClFN2O2/c1-7-4-8(14)2-3-10(7)11-5-9(16(17)18)6-12(13)15-11/h2-6H,1H3. The predicted octanol–water partition coefficient (Wildman–Crippen LogP) is 3.76. The van der Waals surface area contributed by atoms with Gasteiger partial charge in [0.05, 0.1) is 16.7 Å². The van der Waals surface area contributed by atoms with Crippen molar-refractivity contribution in [3.63, 3.8) is 0 Å². The number of hydrogen-bond acceptors (Lipinski definition) is 3. The van der Waals surface area contributed by atoms with Gasteiger partial charge in [0.25, 0.3) is 5.69 Å². The fourth-order valence-electron chi connectivity index (χ4n) is 1.64. The third-order valence-corrected chi connectivity index (χ3v) is 2.65. The number of rotatable bonds is 2. The second-order valence-electron chi connectivity index (χ2n) is 3.75. The number of aryl methyl sites for hydroxylation is 1. The summed E-state index contributed by atoms with van der Waals surface area (Å²) in [6.45, 7) is 1.70. The van der Waals surface area contributed by atoms with Crippen molar-refractivity contribution < 1.29 is 9.31 Å². The van der Waals surface area contributed by atoms with Crippen LogP contribution in [0.2, 0.25) is 5.15 Å². The number of hydrogen-bond donors (Lipinski definition) is 0. The minimum atomic E-state index is -0.546. The molecule has 0 aliphatic heterocycles. The van der Waals surface area contributed by atoms with Crippen molar-refractivity contribution in [1.82, 2.24) is 4.98 Å². The molecule has 0 amide bonds. The summed E-state index contributed by atoms with van der Waals surface area (Å²) in [6.07, 6.45) is 0. The highest BCUT2D eigenvalue weighted by Crippen LogP contribution is 2.27. The third-order valence-electron chi connectivity index (χ3n) is 2.45. The highest BCUT2D eigenvalue weighted by molar-refractivity contribution is 6.29. The lowest BCUT2D eigenvalue weighted by molar-refractivity contribution is -0.384. The maximum absolute atomic E-state index is 13.0. The third kappa shape index (κ3) is 2.46. The Labute approximate surface area is 107 Å². The average Bonchev–Trinajstić information content (AvgIpc) is 2.27. The van der Waals surface area contributed by atoms with E-state index in [1.165, 1.54) is 30.3 Å². The Kier molecular flexibility index (Phi) is 3.25. The van der Waals surface area contributed by atoms with Crippen LogP contribution in [-0.4, -0.2) is 9.91 Å². The lowest BCUT2D eigenvalue weighted by Gasteiger charge is -2.05. The molecule has 2 rings (SSSR count). The molecule has 0 unspecified atom stereocenters. The molecule has 1 heterocycles. The second kappa shape index (κ2) is 4.70. The molecule has 4 nitrogen and oxygen atoms in total. The maximum Gasteiger partial charge on any atom is 0.274 e. The first-order valence-corrected chi connectivity index (χ1v) is 5.43. The number of nitrogens with zero attached hydrogens (tertiary/aromatic N) is 2. The van der Waals surface area contributed by atoms with E-state index in [1.54, 1.807) is 6.92 Å². The topological polar surface area (TPSA) is 56.0 Å². The molecular formula is C12H8ClFN2O2. The number of nitro groups is 1. The van der Waals surface area contributed by atoms with E-state index in [9.17, 15) is 14.5 Å². The van der Waals surface area contributed by atoms with Crippen molar-refractivity contribution in [1.29, 1.82) is 0 Å². The van der Waals surface area contributed by atoms with Crippen LogP contribution in [-0.2, 0) is 0 Å². The van der Waals surface area contributed by atoms with E-state index in [4.69, 9.17) is 11.6 Å². The van der Waals surface area contributed by atoms with Crippen molar-refractivity contribution in [2.75, 3.05) is 0 Å². The predicted molar refractivity (Wildman–Crippen MR) is 66.0 cm³/mol. The minimum Gasteiger partial charge on any atom is -0.258 e. The first-order valence-electron chi connectivity index (χ1n) is 5.06. The van der Waals surface area contributed by atoms with Gasteiger partial charge in [-0.1, -0.05) is 11.6 Å².